The van der Waals surface area contributed by atoms with Crippen molar-refractivity contribution in [1.82, 2.24) is 0 Å². The molecule has 0 bridgehead atoms. The summed E-state index contributed by atoms with van der Waals surface area (Å²) in [5.41, 5.74) is 0.506. The van der Waals surface area contributed by atoms with Gasteiger partial charge in [0.1, 0.15) is 17.3 Å². The topological polar surface area (TPSA) is 42.2 Å². The number of halogens is 2. The third-order valence-corrected chi connectivity index (χ3v) is 3.01. The minimum atomic E-state index is -0.369. The molecule has 1 amide bonds. The third kappa shape index (κ3) is 3.79. The van der Waals surface area contributed by atoms with Gasteiger partial charge in [0.25, 0.3) is 0 Å². The summed E-state index contributed by atoms with van der Waals surface area (Å²) < 4.78 is 18.7. The molecule has 0 unspecified atom stereocenters. The molecule has 0 aliphatic heterocycles. The van der Waals surface area contributed by atoms with E-state index in [2.05, 4.69) is 21.2 Å². The second-order valence-electron chi connectivity index (χ2n) is 3.90. The van der Waals surface area contributed by atoms with Crippen LogP contribution in [0.1, 0.15) is 11.5 Å². The molecular formula is C14H11BrFNO2. The van der Waals surface area contributed by atoms with E-state index in [1.807, 2.05) is 13.0 Å². The van der Waals surface area contributed by atoms with Crippen LogP contribution >= 0.6 is 15.9 Å². The van der Waals surface area contributed by atoms with Gasteiger partial charge in [0, 0.05) is 10.5 Å². The zero-order valence-corrected chi connectivity index (χ0v) is 11.7. The van der Waals surface area contributed by atoms with Crippen molar-refractivity contribution in [2.24, 2.45) is 0 Å². The molecule has 0 aliphatic carbocycles. The fraction of sp³-hybridized carbons (Fsp3) is 0.0714. The first kappa shape index (κ1) is 13.5. The summed E-state index contributed by atoms with van der Waals surface area (Å²) in [6, 6.07) is 7.64. The van der Waals surface area contributed by atoms with Crippen molar-refractivity contribution in [3.63, 3.8) is 0 Å². The Morgan fingerprint density at radius 1 is 1.37 bits per heavy atom. The Balaban J connectivity index is 2.03. The van der Waals surface area contributed by atoms with E-state index in [1.54, 1.807) is 12.1 Å². The molecule has 1 N–H and O–H groups in total. The maximum atomic E-state index is 12.9. The van der Waals surface area contributed by atoms with Crippen molar-refractivity contribution in [2.75, 3.05) is 5.32 Å². The number of furan rings is 1. The lowest BCUT2D eigenvalue weighted by molar-refractivity contribution is -0.111. The van der Waals surface area contributed by atoms with Crippen molar-refractivity contribution < 1.29 is 13.6 Å². The summed E-state index contributed by atoms with van der Waals surface area (Å²) in [5, 5.41) is 2.63. The fourth-order valence-electron chi connectivity index (χ4n) is 1.47. The molecule has 1 heterocycles. The second-order valence-corrected chi connectivity index (χ2v) is 4.75. The summed E-state index contributed by atoms with van der Waals surface area (Å²) in [5.74, 6) is 0.694. The molecule has 0 spiro atoms. The quantitative estimate of drug-likeness (QED) is 0.862. The number of hydrogen-bond acceptors (Lipinski definition) is 2. The van der Waals surface area contributed by atoms with Crippen LogP contribution in [0, 0.1) is 12.7 Å². The molecular weight excluding hydrogens is 313 g/mol. The van der Waals surface area contributed by atoms with E-state index in [-0.39, 0.29) is 11.7 Å². The molecule has 2 aromatic rings. The lowest BCUT2D eigenvalue weighted by Gasteiger charge is -2.04. The van der Waals surface area contributed by atoms with Gasteiger partial charge in [0.2, 0.25) is 5.91 Å². The monoisotopic (exact) mass is 323 g/mol. The number of carbonyl (C=O) groups excluding carboxylic acids is 1. The first-order valence-electron chi connectivity index (χ1n) is 5.55. The van der Waals surface area contributed by atoms with Gasteiger partial charge in [0.15, 0.2) is 0 Å². The summed E-state index contributed by atoms with van der Waals surface area (Å²) in [4.78, 5) is 11.7. The van der Waals surface area contributed by atoms with Gasteiger partial charge in [-0.3, -0.25) is 4.79 Å². The van der Waals surface area contributed by atoms with Gasteiger partial charge in [-0.25, -0.2) is 4.39 Å². The third-order valence-electron chi connectivity index (χ3n) is 2.35. The van der Waals surface area contributed by atoms with Gasteiger partial charge in [-0.15, -0.1) is 0 Å². The molecule has 0 atom stereocenters. The molecule has 0 saturated carbocycles. The molecule has 1 aromatic carbocycles. The van der Waals surface area contributed by atoms with Gasteiger partial charge in [-0.2, -0.15) is 0 Å². The number of benzene rings is 1. The highest BCUT2D eigenvalue weighted by Crippen LogP contribution is 2.23. The Bertz CT molecular complexity index is 634. The molecule has 2 rings (SSSR count). The Morgan fingerprint density at radius 2 is 2.16 bits per heavy atom. The zero-order chi connectivity index (χ0) is 13.8. The highest BCUT2D eigenvalue weighted by atomic mass is 79.9. The predicted molar refractivity (Wildman–Crippen MR) is 75.2 cm³/mol. The number of rotatable bonds is 3. The number of hydrogen-bond donors (Lipinski definition) is 1. The van der Waals surface area contributed by atoms with Crippen molar-refractivity contribution in [3.8, 4) is 0 Å². The van der Waals surface area contributed by atoms with E-state index in [9.17, 15) is 9.18 Å². The number of anilines is 1. The largest absolute Gasteiger partial charge is 0.462 e. The molecule has 19 heavy (non-hydrogen) atoms. The standard InChI is InChI=1S/C14H11BrFNO2/c1-9-2-4-11(19-9)5-7-14(18)17-13-6-3-10(16)8-12(13)15/h2-8H,1H3,(H,17,18)/b7-5+. The first-order chi connectivity index (χ1) is 9.04. The maximum Gasteiger partial charge on any atom is 0.248 e. The summed E-state index contributed by atoms with van der Waals surface area (Å²) in [6.07, 6.45) is 2.92. The van der Waals surface area contributed by atoms with E-state index >= 15 is 0 Å². The maximum absolute atomic E-state index is 12.9. The summed E-state index contributed by atoms with van der Waals surface area (Å²) in [7, 11) is 0. The van der Waals surface area contributed by atoms with E-state index in [4.69, 9.17) is 4.42 Å². The molecule has 0 aliphatic rings. The zero-order valence-electron chi connectivity index (χ0n) is 10.1. The van der Waals surface area contributed by atoms with Crippen LogP contribution in [-0.2, 0) is 4.79 Å². The van der Waals surface area contributed by atoms with Crippen LogP contribution in [0.2, 0.25) is 0 Å². The number of nitrogens with one attached hydrogen (secondary N) is 1. The Labute approximate surface area is 118 Å². The molecule has 0 radical (unpaired) electrons. The van der Waals surface area contributed by atoms with Crippen molar-refractivity contribution in [1.29, 1.82) is 0 Å². The first-order valence-corrected chi connectivity index (χ1v) is 6.34. The number of aryl methyl sites for hydroxylation is 1. The van der Waals surface area contributed by atoms with Gasteiger partial charge in [0.05, 0.1) is 5.69 Å². The van der Waals surface area contributed by atoms with E-state index in [0.717, 1.165) is 5.76 Å². The predicted octanol–water partition coefficient (Wildman–Crippen LogP) is 4.14. The second kappa shape index (κ2) is 5.84. The smallest absolute Gasteiger partial charge is 0.248 e. The van der Waals surface area contributed by atoms with Gasteiger partial charge in [-0.1, -0.05) is 0 Å². The highest BCUT2D eigenvalue weighted by Gasteiger charge is 2.04. The fourth-order valence-corrected chi connectivity index (χ4v) is 1.92. The van der Waals surface area contributed by atoms with Crippen LogP contribution in [0.3, 0.4) is 0 Å². The van der Waals surface area contributed by atoms with Crippen LogP contribution in [0.4, 0.5) is 10.1 Å². The van der Waals surface area contributed by atoms with E-state index < -0.39 is 0 Å². The summed E-state index contributed by atoms with van der Waals surface area (Å²) >= 11 is 3.18. The number of carbonyl (C=O) groups is 1. The molecule has 0 saturated heterocycles. The molecule has 3 nitrogen and oxygen atoms in total. The van der Waals surface area contributed by atoms with Crippen molar-refractivity contribution >= 4 is 33.6 Å². The lowest BCUT2D eigenvalue weighted by atomic mass is 10.3. The van der Waals surface area contributed by atoms with Crippen molar-refractivity contribution in [2.45, 2.75) is 6.92 Å². The van der Waals surface area contributed by atoms with E-state index in [1.165, 1.54) is 24.3 Å². The summed E-state index contributed by atoms with van der Waals surface area (Å²) in [6.45, 7) is 1.83. The van der Waals surface area contributed by atoms with Gasteiger partial charge in [-0.05, 0) is 59.3 Å². The van der Waals surface area contributed by atoms with Crippen LogP contribution in [0.15, 0.2) is 45.3 Å². The molecule has 0 fully saturated rings. The normalized spacial score (nSPS) is 10.9. The van der Waals surface area contributed by atoms with Crippen molar-refractivity contribution in [3.05, 3.63) is 58.2 Å². The average molecular weight is 324 g/mol. The lowest BCUT2D eigenvalue weighted by Crippen LogP contribution is -2.08. The van der Waals surface area contributed by atoms with Crippen LogP contribution in [-0.4, -0.2) is 5.91 Å². The SMILES string of the molecule is Cc1ccc(/C=C/C(=O)Nc2ccc(F)cc2Br)o1. The minimum absolute atomic E-state index is 0.318. The van der Waals surface area contributed by atoms with Crippen LogP contribution < -0.4 is 5.32 Å². The van der Waals surface area contributed by atoms with Gasteiger partial charge >= 0.3 is 0 Å². The Kier molecular flexibility index (Phi) is 4.16. The Morgan fingerprint density at radius 3 is 2.79 bits per heavy atom. The highest BCUT2D eigenvalue weighted by molar-refractivity contribution is 9.10. The van der Waals surface area contributed by atoms with Crippen LogP contribution in [0.25, 0.3) is 6.08 Å². The minimum Gasteiger partial charge on any atom is -0.462 e. The van der Waals surface area contributed by atoms with E-state index in [0.29, 0.717) is 15.9 Å². The van der Waals surface area contributed by atoms with Gasteiger partial charge < -0.3 is 9.73 Å². The Hall–Kier alpha value is -1.88. The number of amides is 1. The molecule has 5 heteroatoms. The molecule has 1 aromatic heterocycles. The average Bonchev–Trinajstić information content (AvgIpc) is 2.76. The van der Waals surface area contributed by atoms with Crippen LogP contribution in [0.5, 0.6) is 0 Å². The molecule has 98 valence electrons.